The minimum Gasteiger partial charge on any atom is -0.497 e. The SMILES string of the molecule is C/C=C1\C[C@@](C)(C(=O)c2ccccc2)[C@](O)(c2ccccc2)c2cc(OC)ccc21. The Morgan fingerprint density at radius 3 is 2.23 bits per heavy atom. The van der Waals surface area contributed by atoms with Crippen molar-refractivity contribution < 1.29 is 14.6 Å². The van der Waals surface area contributed by atoms with Gasteiger partial charge in [0.05, 0.1) is 12.5 Å². The van der Waals surface area contributed by atoms with Crippen LogP contribution in [0, 0.1) is 5.41 Å². The molecule has 0 fully saturated rings. The fraction of sp³-hybridized carbons (Fsp3) is 0.222. The molecule has 3 heteroatoms. The van der Waals surface area contributed by atoms with E-state index in [2.05, 4.69) is 0 Å². The van der Waals surface area contributed by atoms with Crippen molar-refractivity contribution in [2.24, 2.45) is 5.41 Å². The lowest BCUT2D eigenvalue weighted by Crippen LogP contribution is -2.52. The molecular weight excluding hydrogens is 372 g/mol. The molecular formula is C27H26O3. The molecule has 2 atom stereocenters. The Bertz CT molecular complexity index is 1100. The molecule has 3 aromatic carbocycles. The maximum atomic E-state index is 13.9. The van der Waals surface area contributed by atoms with Crippen LogP contribution in [0.15, 0.2) is 84.9 Å². The van der Waals surface area contributed by atoms with Crippen LogP contribution in [0.3, 0.4) is 0 Å². The number of rotatable bonds is 4. The summed E-state index contributed by atoms with van der Waals surface area (Å²) in [6.07, 6.45) is 2.47. The van der Waals surface area contributed by atoms with Crippen LogP contribution < -0.4 is 4.74 Å². The third-order valence-electron chi connectivity index (χ3n) is 6.38. The number of fused-ring (bicyclic) bond motifs is 1. The second kappa shape index (κ2) is 7.58. The van der Waals surface area contributed by atoms with E-state index in [1.54, 1.807) is 7.11 Å². The Labute approximate surface area is 177 Å². The second-order valence-corrected chi connectivity index (χ2v) is 8.01. The Kier molecular flexibility index (Phi) is 5.08. The highest BCUT2D eigenvalue weighted by atomic mass is 16.5. The normalized spacial score (nSPS) is 24.3. The van der Waals surface area contributed by atoms with Gasteiger partial charge in [-0.3, -0.25) is 4.79 Å². The monoisotopic (exact) mass is 398 g/mol. The summed E-state index contributed by atoms with van der Waals surface area (Å²) in [4.78, 5) is 13.9. The van der Waals surface area contributed by atoms with Gasteiger partial charge in [0, 0.05) is 11.1 Å². The minimum absolute atomic E-state index is 0.0812. The van der Waals surface area contributed by atoms with Gasteiger partial charge in [-0.1, -0.05) is 72.8 Å². The third kappa shape index (κ3) is 2.89. The number of aliphatic hydroxyl groups is 1. The number of benzene rings is 3. The molecule has 0 spiro atoms. The Hall–Kier alpha value is -3.17. The third-order valence-corrected chi connectivity index (χ3v) is 6.38. The fourth-order valence-corrected chi connectivity index (χ4v) is 4.69. The zero-order valence-corrected chi connectivity index (χ0v) is 17.6. The lowest BCUT2D eigenvalue weighted by molar-refractivity contribution is -0.0323. The second-order valence-electron chi connectivity index (χ2n) is 8.01. The van der Waals surface area contributed by atoms with Gasteiger partial charge in [0.15, 0.2) is 5.78 Å². The van der Waals surface area contributed by atoms with E-state index in [1.807, 2.05) is 98.8 Å². The Balaban J connectivity index is 2.05. The highest BCUT2D eigenvalue weighted by molar-refractivity contribution is 6.03. The molecule has 0 aromatic heterocycles. The summed E-state index contributed by atoms with van der Waals surface area (Å²) in [5, 5.41) is 12.5. The lowest BCUT2D eigenvalue weighted by Gasteiger charge is -2.49. The van der Waals surface area contributed by atoms with Gasteiger partial charge in [0.1, 0.15) is 11.4 Å². The maximum Gasteiger partial charge on any atom is 0.172 e. The van der Waals surface area contributed by atoms with E-state index < -0.39 is 11.0 Å². The van der Waals surface area contributed by atoms with Gasteiger partial charge in [-0.05, 0) is 49.1 Å². The van der Waals surface area contributed by atoms with Crippen LogP contribution in [0.5, 0.6) is 5.75 Å². The topological polar surface area (TPSA) is 46.5 Å². The molecule has 1 N–H and O–H groups in total. The summed E-state index contributed by atoms with van der Waals surface area (Å²) in [6.45, 7) is 3.85. The van der Waals surface area contributed by atoms with E-state index in [4.69, 9.17) is 4.74 Å². The summed E-state index contributed by atoms with van der Waals surface area (Å²) in [5.41, 5.74) is 1.36. The summed E-state index contributed by atoms with van der Waals surface area (Å²) in [5.74, 6) is 0.567. The average molecular weight is 399 g/mol. The van der Waals surface area contributed by atoms with Gasteiger partial charge in [0.2, 0.25) is 0 Å². The van der Waals surface area contributed by atoms with Gasteiger partial charge in [0.25, 0.3) is 0 Å². The predicted molar refractivity (Wildman–Crippen MR) is 120 cm³/mol. The molecule has 0 unspecified atom stereocenters. The van der Waals surface area contributed by atoms with Crippen molar-refractivity contribution in [3.63, 3.8) is 0 Å². The molecule has 30 heavy (non-hydrogen) atoms. The van der Waals surface area contributed by atoms with Gasteiger partial charge in [-0.2, -0.15) is 0 Å². The quantitative estimate of drug-likeness (QED) is 0.580. The first-order valence-corrected chi connectivity index (χ1v) is 10.2. The zero-order chi connectivity index (χ0) is 21.4. The summed E-state index contributed by atoms with van der Waals surface area (Å²) in [6, 6.07) is 24.4. The van der Waals surface area contributed by atoms with Crippen LogP contribution in [0.1, 0.15) is 47.3 Å². The number of carbonyl (C=O) groups is 1. The van der Waals surface area contributed by atoms with E-state index in [9.17, 15) is 9.90 Å². The highest BCUT2D eigenvalue weighted by Crippen LogP contribution is 2.57. The minimum atomic E-state index is -1.52. The van der Waals surface area contributed by atoms with Gasteiger partial charge in [-0.15, -0.1) is 0 Å². The van der Waals surface area contributed by atoms with Crippen molar-refractivity contribution in [3.8, 4) is 5.75 Å². The first kappa shape index (κ1) is 20.1. The lowest BCUT2D eigenvalue weighted by atomic mass is 9.55. The molecule has 3 nitrogen and oxygen atoms in total. The van der Waals surface area contributed by atoms with Crippen LogP contribution in [-0.2, 0) is 5.60 Å². The Morgan fingerprint density at radius 1 is 1.00 bits per heavy atom. The van der Waals surface area contributed by atoms with E-state index in [0.717, 1.165) is 11.1 Å². The number of hydrogen-bond donors (Lipinski definition) is 1. The van der Waals surface area contributed by atoms with Crippen LogP contribution in [0.2, 0.25) is 0 Å². The maximum absolute atomic E-state index is 13.9. The van der Waals surface area contributed by atoms with E-state index in [-0.39, 0.29) is 5.78 Å². The molecule has 3 aromatic rings. The summed E-state index contributed by atoms with van der Waals surface area (Å²) in [7, 11) is 1.61. The number of ether oxygens (including phenoxy) is 1. The van der Waals surface area contributed by atoms with Gasteiger partial charge < -0.3 is 9.84 Å². The largest absolute Gasteiger partial charge is 0.497 e. The number of carbonyl (C=O) groups excluding carboxylic acids is 1. The van der Waals surface area contributed by atoms with Crippen LogP contribution in [-0.4, -0.2) is 18.0 Å². The predicted octanol–water partition coefficient (Wildman–Crippen LogP) is 5.63. The molecule has 1 aliphatic carbocycles. The number of ketones is 1. The smallest absolute Gasteiger partial charge is 0.172 e. The molecule has 4 rings (SSSR count). The van der Waals surface area contributed by atoms with E-state index >= 15 is 0 Å². The van der Waals surface area contributed by atoms with Crippen molar-refractivity contribution in [3.05, 3.63) is 107 Å². The number of Topliss-reactive ketones (excluding diaryl/α,β-unsaturated/α-hetero) is 1. The molecule has 0 bridgehead atoms. The fourth-order valence-electron chi connectivity index (χ4n) is 4.69. The number of allylic oxidation sites excluding steroid dienone is 2. The zero-order valence-electron chi connectivity index (χ0n) is 17.6. The Morgan fingerprint density at radius 2 is 1.63 bits per heavy atom. The van der Waals surface area contributed by atoms with Crippen molar-refractivity contribution in [1.82, 2.24) is 0 Å². The van der Waals surface area contributed by atoms with Crippen molar-refractivity contribution in [1.29, 1.82) is 0 Å². The van der Waals surface area contributed by atoms with Gasteiger partial charge in [-0.25, -0.2) is 0 Å². The van der Waals surface area contributed by atoms with E-state index in [1.165, 1.54) is 0 Å². The highest BCUT2D eigenvalue weighted by Gasteiger charge is 2.58. The first-order valence-electron chi connectivity index (χ1n) is 10.2. The number of hydrogen-bond acceptors (Lipinski definition) is 3. The van der Waals surface area contributed by atoms with Crippen molar-refractivity contribution in [2.75, 3.05) is 7.11 Å². The molecule has 0 heterocycles. The summed E-state index contributed by atoms with van der Waals surface area (Å²) >= 11 is 0. The van der Waals surface area contributed by atoms with Crippen LogP contribution in [0.4, 0.5) is 0 Å². The summed E-state index contributed by atoms with van der Waals surface area (Å²) < 4.78 is 5.48. The molecule has 0 saturated carbocycles. The van der Waals surface area contributed by atoms with E-state index in [0.29, 0.717) is 28.9 Å². The molecule has 152 valence electrons. The molecule has 0 saturated heterocycles. The van der Waals surface area contributed by atoms with Crippen LogP contribution in [0.25, 0.3) is 5.57 Å². The molecule has 0 radical (unpaired) electrons. The first-order chi connectivity index (χ1) is 14.5. The molecule has 1 aliphatic rings. The van der Waals surface area contributed by atoms with Crippen molar-refractivity contribution in [2.45, 2.75) is 25.9 Å². The van der Waals surface area contributed by atoms with Crippen LogP contribution >= 0.6 is 0 Å². The standard InChI is InChI=1S/C27H26O3/c1-4-19-18-26(2,25(28)20-11-7-5-8-12-20)27(29,21-13-9-6-10-14-21)24-17-22(30-3)15-16-23(19)24/h4-17,29H,18H2,1-3H3/b19-4+/t26-,27-/m0/s1. The molecule has 0 aliphatic heterocycles. The van der Waals surface area contributed by atoms with Gasteiger partial charge >= 0.3 is 0 Å². The average Bonchev–Trinajstić information content (AvgIpc) is 2.81. The van der Waals surface area contributed by atoms with Crippen molar-refractivity contribution >= 4 is 11.4 Å². The molecule has 0 amide bonds. The number of methoxy groups -OCH3 is 1.